The van der Waals surface area contributed by atoms with Gasteiger partial charge in [-0.05, 0) is 19.3 Å². The summed E-state index contributed by atoms with van der Waals surface area (Å²) in [5.41, 5.74) is 5.65. The molecule has 0 aromatic carbocycles. The van der Waals surface area contributed by atoms with E-state index >= 15 is 0 Å². The first-order chi connectivity index (χ1) is 7.27. The molecule has 0 radical (unpaired) electrons. The molecule has 0 aromatic rings. The highest BCUT2D eigenvalue weighted by Crippen LogP contribution is 2.24. The highest BCUT2D eigenvalue weighted by atomic mass is 35.5. The summed E-state index contributed by atoms with van der Waals surface area (Å²) >= 11 is 0. The quantitative estimate of drug-likeness (QED) is 0.758. The molecule has 0 aromatic heterocycles. The third kappa shape index (κ3) is 5.17. The molecule has 1 fully saturated rings. The van der Waals surface area contributed by atoms with E-state index in [2.05, 4.69) is 12.2 Å². The molecule has 16 heavy (non-hydrogen) atoms. The Morgan fingerprint density at radius 2 is 2.06 bits per heavy atom. The topological polar surface area (TPSA) is 55.1 Å². The van der Waals surface area contributed by atoms with Crippen molar-refractivity contribution >= 4 is 18.3 Å². The normalized spacial score (nSPS) is 17.9. The Hall–Kier alpha value is -0.280. The number of halogens is 1. The molecule has 0 bridgehead atoms. The van der Waals surface area contributed by atoms with Crippen molar-refractivity contribution in [1.29, 1.82) is 0 Å². The Morgan fingerprint density at radius 1 is 1.44 bits per heavy atom. The minimum absolute atomic E-state index is 0. The van der Waals surface area contributed by atoms with Gasteiger partial charge in [0.1, 0.15) is 0 Å². The first-order valence-electron chi connectivity index (χ1n) is 6.28. The maximum atomic E-state index is 11.8. The second kappa shape index (κ2) is 8.82. The van der Waals surface area contributed by atoms with Gasteiger partial charge in [-0.2, -0.15) is 0 Å². The lowest BCUT2D eigenvalue weighted by Crippen LogP contribution is -2.42. The molecule has 0 aliphatic heterocycles. The molecule has 1 atom stereocenters. The van der Waals surface area contributed by atoms with Gasteiger partial charge in [0.05, 0.1) is 0 Å². The molecule has 0 saturated heterocycles. The maximum Gasteiger partial charge on any atom is 0.223 e. The molecule has 0 spiro atoms. The molecule has 1 amide bonds. The zero-order valence-electron chi connectivity index (χ0n) is 10.2. The molecular weight excluding hydrogens is 224 g/mol. The monoisotopic (exact) mass is 248 g/mol. The van der Waals surface area contributed by atoms with E-state index in [0.717, 1.165) is 32.1 Å². The van der Waals surface area contributed by atoms with Crippen LogP contribution < -0.4 is 11.1 Å². The Bertz CT molecular complexity index is 193. The number of nitrogens with one attached hydrogen (secondary N) is 1. The fourth-order valence-electron chi connectivity index (χ4n) is 2.21. The average Bonchev–Trinajstić information content (AvgIpc) is 2.77. The number of hydrogen-bond donors (Lipinski definition) is 2. The van der Waals surface area contributed by atoms with E-state index in [1.807, 2.05) is 0 Å². The van der Waals surface area contributed by atoms with Crippen molar-refractivity contribution in [2.45, 2.75) is 57.9 Å². The molecule has 96 valence electrons. The first-order valence-corrected chi connectivity index (χ1v) is 6.28. The van der Waals surface area contributed by atoms with Crippen LogP contribution in [-0.2, 0) is 4.79 Å². The smallest absolute Gasteiger partial charge is 0.223 e. The lowest BCUT2D eigenvalue weighted by atomic mass is 10.1. The third-order valence-corrected chi connectivity index (χ3v) is 3.26. The number of amides is 1. The van der Waals surface area contributed by atoms with Gasteiger partial charge in [-0.1, -0.05) is 32.6 Å². The number of nitrogens with two attached hydrogens (primary N) is 1. The van der Waals surface area contributed by atoms with Gasteiger partial charge in [-0.3, -0.25) is 4.79 Å². The minimum atomic E-state index is 0. The zero-order valence-corrected chi connectivity index (χ0v) is 11.0. The Morgan fingerprint density at radius 3 is 2.56 bits per heavy atom. The van der Waals surface area contributed by atoms with Gasteiger partial charge in [0.15, 0.2) is 0 Å². The minimum Gasteiger partial charge on any atom is -0.352 e. The van der Waals surface area contributed by atoms with Gasteiger partial charge in [-0.25, -0.2) is 0 Å². The van der Waals surface area contributed by atoms with Crippen molar-refractivity contribution in [3.05, 3.63) is 0 Å². The summed E-state index contributed by atoms with van der Waals surface area (Å²) in [5, 5.41) is 3.08. The number of carbonyl (C=O) groups is 1. The molecule has 1 unspecified atom stereocenters. The van der Waals surface area contributed by atoms with E-state index < -0.39 is 0 Å². The van der Waals surface area contributed by atoms with Gasteiger partial charge in [0.25, 0.3) is 0 Å². The van der Waals surface area contributed by atoms with Crippen LogP contribution in [0.5, 0.6) is 0 Å². The van der Waals surface area contributed by atoms with Crippen molar-refractivity contribution in [1.82, 2.24) is 5.32 Å². The first kappa shape index (κ1) is 15.7. The van der Waals surface area contributed by atoms with Gasteiger partial charge >= 0.3 is 0 Å². The molecule has 1 aliphatic carbocycles. The molecule has 1 rings (SSSR count). The zero-order chi connectivity index (χ0) is 11.1. The van der Waals surface area contributed by atoms with E-state index in [4.69, 9.17) is 5.73 Å². The van der Waals surface area contributed by atoms with Crippen LogP contribution in [0.4, 0.5) is 0 Å². The van der Waals surface area contributed by atoms with E-state index in [1.165, 1.54) is 12.8 Å². The number of carbonyl (C=O) groups excluding carboxylic acids is 1. The van der Waals surface area contributed by atoms with Crippen molar-refractivity contribution in [2.24, 2.45) is 11.7 Å². The Kier molecular flexibility index (Phi) is 8.67. The lowest BCUT2D eigenvalue weighted by molar-refractivity contribution is -0.125. The molecule has 1 saturated carbocycles. The van der Waals surface area contributed by atoms with Crippen LogP contribution in [0.25, 0.3) is 0 Å². The van der Waals surface area contributed by atoms with Crippen LogP contribution in [0.3, 0.4) is 0 Å². The van der Waals surface area contributed by atoms with Crippen molar-refractivity contribution in [2.75, 3.05) is 6.54 Å². The van der Waals surface area contributed by atoms with Crippen LogP contribution in [0.1, 0.15) is 51.9 Å². The van der Waals surface area contributed by atoms with Gasteiger partial charge in [0, 0.05) is 18.5 Å². The van der Waals surface area contributed by atoms with E-state index in [0.29, 0.717) is 6.54 Å². The standard InChI is InChI=1S/C12H24N2O.ClH/c1-2-3-8-11(9-13)14-12(15)10-6-4-5-7-10;/h10-11H,2-9,13H2,1H3,(H,14,15);1H. The summed E-state index contributed by atoms with van der Waals surface area (Å²) in [6.45, 7) is 2.73. The molecule has 0 heterocycles. The number of rotatable bonds is 6. The largest absolute Gasteiger partial charge is 0.352 e. The molecule has 4 heteroatoms. The maximum absolute atomic E-state index is 11.8. The van der Waals surface area contributed by atoms with Crippen molar-refractivity contribution < 1.29 is 4.79 Å². The lowest BCUT2D eigenvalue weighted by Gasteiger charge is -2.19. The summed E-state index contributed by atoms with van der Waals surface area (Å²) in [6.07, 6.45) is 7.88. The second-order valence-corrected chi connectivity index (χ2v) is 4.56. The number of unbranched alkanes of at least 4 members (excludes halogenated alkanes) is 1. The summed E-state index contributed by atoms with van der Waals surface area (Å²) in [4.78, 5) is 11.8. The van der Waals surface area contributed by atoms with E-state index in [1.54, 1.807) is 0 Å². The summed E-state index contributed by atoms with van der Waals surface area (Å²) in [5.74, 6) is 0.500. The Labute approximate surface area is 105 Å². The molecule has 3 nitrogen and oxygen atoms in total. The van der Waals surface area contributed by atoms with Crippen LogP contribution >= 0.6 is 12.4 Å². The highest BCUT2D eigenvalue weighted by Gasteiger charge is 2.23. The number of hydrogen-bond acceptors (Lipinski definition) is 2. The van der Waals surface area contributed by atoms with E-state index in [9.17, 15) is 4.79 Å². The highest BCUT2D eigenvalue weighted by molar-refractivity contribution is 5.85. The average molecular weight is 249 g/mol. The SMILES string of the molecule is CCCCC(CN)NC(=O)C1CCCC1.Cl. The van der Waals surface area contributed by atoms with Crippen LogP contribution in [0, 0.1) is 5.92 Å². The second-order valence-electron chi connectivity index (χ2n) is 4.56. The van der Waals surface area contributed by atoms with Crippen molar-refractivity contribution in [3.8, 4) is 0 Å². The molecule has 1 aliphatic rings. The fraction of sp³-hybridized carbons (Fsp3) is 0.917. The Balaban J connectivity index is 0.00000225. The third-order valence-electron chi connectivity index (χ3n) is 3.26. The summed E-state index contributed by atoms with van der Waals surface area (Å²) in [7, 11) is 0. The van der Waals surface area contributed by atoms with Gasteiger partial charge < -0.3 is 11.1 Å². The summed E-state index contributed by atoms with van der Waals surface area (Å²) < 4.78 is 0. The summed E-state index contributed by atoms with van der Waals surface area (Å²) in [6, 6.07) is 0.193. The predicted molar refractivity (Wildman–Crippen MR) is 69.7 cm³/mol. The fourth-order valence-corrected chi connectivity index (χ4v) is 2.21. The van der Waals surface area contributed by atoms with Crippen LogP contribution in [-0.4, -0.2) is 18.5 Å². The molecular formula is C12H25ClN2O. The van der Waals surface area contributed by atoms with Gasteiger partial charge in [-0.15, -0.1) is 12.4 Å². The van der Waals surface area contributed by atoms with Crippen LogP contribution in [0.15, 0.2) is 0 Å². The van der Waals surface area contributed by atoms with Crippen molar-refractivity contribution in [3.63, 3.8) is 0 Å². The van der Waals surface area contributed by atoms with E-state index in [-0.39, 0.29) is 30.3 Å². The van der Waals surface area contributed by atoms with Gasteiger partial charge in [0.2, 0.25) is 5.91 Å². The predicted octanol–water partition coefficient (Wildman–Crippen LogP) is 2.23. The van der Waals surface area contributed by atoms with Crippen LogP contribution in [0.2, 0.25) is 0 Å². The molecule has 3 N–H and O–H groups in total.